The summed E-state index contributed by atoms with van der Waals surface area (Å²) in [6.07, 6.45) is 2.31. The van der Waals surface area contributed by atoms with E-state index in [4.69, 9.17) is 0 Å². The van der Waals surface area contributed by atoms with Crippen molar-refractivity contribution in [1.29, 1.82) is 0 Å². The summed E-state index contributed by atoms with van der Waals surface area (Å²) in [5.74, 6) is 0. The summed E-state index contributed by atoms with van der Waals surface area (Å²) in [5, 5.41) is 7.95. The van der Waals surface area contributed by atoms with E-state index in [0.29, 0.717) is 0 Å². The first-order valence-electron chi connectivity index (χ1n) is 5.75. The summed E-state index contributed by atoms with van der Waals surface area (Å²) in [7, 11) is 2.00. The molecule has 0 aromatic carbocycles. The Morgan fingerprint density at radius 3 is 2.40 bits per heavy atom. The summed E-state index contributed by atoms with van der Waals surface area (Å²) < 4.78 is 1.95. The highest BCUT2D eigenvalue weighted by Gasteiger charge is 2.18. The number of aryl methyl sites for hydroxylation is 2. The van der Waals surface area contributed by atoms with Gasteiger partial charge in [-0.25, -0.2) is 0 Å². The molecule has 3 heteroatoms. The van der Waals surface area contributed by atoms with Gasteiger partial charge in [-0.15, -0.1) is 0 Å². The van der Waals surface area contributed by atoms with Crippen LogP contribution in [0.5, 0.6) is 0 Å². The third-order valence-corrected chi connectivity index (χ3v) is 3.36. The van der Waals surface area contributed by atoms with Crippen molar-refractivity contribution < 1.29 is 0 Å². The molecule has 0 unspecified atom stereocenters. The van der Waals surface area contributed by atoms with E-state index in [1.165, 1.54) is 5.69 Å². The monoisotopic (exact) mass is 209 g/mol. The van der Waals surface area contributed by atoms with Crippen LogP contribution in [-0.4, -0.2) is 15.3 Å². The van der Waals surface area contributed by atoms with Crippen LogP contribution in [0.15, 0.2) is 6.07 Å². The molecular weight excluding hydrogens is 186 g/mol. The van der Waals surface area contributed by atoms with E-state index in [1.54, 1.807) is 0 Å². The molecule has 0 aliphatic carbocycles. The van der Waals surface area contributed by atoms with Crippen LogP contribution in [0.1, 0.15) is 45.0 Å². The lowest BCUT2D eigenvalue weighted by atomic mass is 9.95. The molecule has 1 N–H and O–H groups in total. The third kappa shape index (κ3) is 3.06. The summed E-state index contributed by atoms with van der Waals surface area (Å²) >= 11 is 0. The van der Waals surface area contributed by atoms with E-state index in [2.05, 4.69) is 37.3 Å². The van der Waals surface area contributed by atoms with Gasteiger partial charge in [0.1, 0.15) is 0 Å². The molecule has 0 bridgehead atoms. The SMILES string of the molecule is CCC(C)(CC)NCc1cc(C)nn1C. The fourth-order valence-electron chi connectivity index (χ4n) is 1.63. The molecule has 0 saturated heterocycles. The second-order valence-electron chi connectivity index (χ2n) is 4.52. The van der Waals surface area contributed by atoms with Crippen LogP contribution < -0.4 is 5.32 Å². The molecule has 0 spiro atoms. The smallest absolute Gasteiger partial charge is 0.0597 e. The van der Waals surface area contributed by atoms with Crippen molar-refractivity contribution in [3.8, 4) is 0 Å². The van der Waals surface area contributed by atoms with Gasteiger partial charge >= 0.3 is 0 Å². The highest BCUT2D eigenvalue weighted by molar-refractivity contribution is 5.08. The molecule has 0 aliphatic heterocycles. The standard InChI is InChI=1S/C12H23N3/c1-6-12(4,7-2)13-9-11-8-10(3)14-15(11)5/h8,13H,6-7,9H2,1-5H3. The molecule has 1 aromatic rings. The molecule has 1 aromatic heterocycles. The van der Waals surface area contributed by atoms with Crippen molar-refractivity contribution in [3.63, 3.8) is 0 Å². The predicted octanol–water partition coefficient (Wildman–Crippen LogP) is 2.40. The average molecular weight is 209 g/mol. The molecule has 1 heterocycles. The minimum atomic E-state index is 0.248. The lowest BCUT2D eigenvalue weighted by Crippen LogP contribution is -2.40. The summed E-state index contributed by atoms with van der Waals surface area (Å²) in [5.41, 5.74) is 2.59. The van der Waals surface area contributed by atoms with Crippen LogP contribution in [0, 0.1) is 6.92 Å². The normalized spacial score (nSPS) is 12.1. The van der Waals surface area contributed by atoms with Gasteiger partial charge in [-0.1, -0.05) is 13.8 Å². The maximum Gasteiger partial charge on any atom is 0.0597 e. The molecule has 0 aliphatic rings. The molecule has 15 heavy (non-hydrogen) atoms. The molecule has 0 radical (unpaired) electrons. The van der Waals surface area contributed by atoms with Gasteiger partial charge in [-0.2, -0.15) is 5.10 Å². The van der Waals surface area contributed by atoms with E-state index in [-0.39, 0.29) is 5.54 Å². The van der Waals surface area contributed by atoms with E-state index >= 15 is 0 Å². The zero-order chi connectivity index (χ0) is 11.5. The number of hydrogen-bond donors (Lipinski definition) is 1. The molecule has 3 nitrogen and oxygen atoms in total. The first-order chi connectivity index (χ1) is 7.00. The Bertz CT molecular complexity index is 311. The van der Waals surface area contributed by atoms with E-state index in [9.17, 15) is 0 Å². The number of nitrogens with zero attached hydrogens (tertiary/aromatic N) is 2. The Morgan fingerprint density at radius 2 is 2.00 bits per heavy atom. The van der Waals surface area contributed by atoms with Crippen LogP contribution in [0.2, 0.25) is 0 Å². The minimum Gasteiger partial charge on any atom is -0.306 e. The Labute approximate surface area is 92.9 Å². The lowest BCUT2D eigenvalue weighted by Gasteiger charge is -2.28. The molecule has 0 fully saturated rings. The maximum atomic E-state index is 4.34. The van der Waals surface area contributed by atoms with Crippen molar-refractivity contribution >= 4 is 0 Å². The quantitative estimate of drug-likeness (QED) is 0.807. The Kier molecular flexibility index (Phi) is 3.91. The van der Waals surface area contributed by atoms with E-state index in [0.717, 1.165) is 25.1 Å². The first kappa shape index (κ1) is 12.2. The van der Waals surface area contributed by atoms with E-state index < -0.39 is 0 Å². The van der Waals surface area contributed by atoms with Crippen LogP contribution in [-0.2, 0) is 13.6 Å². The molecule has 0 saturated carbocycles. The number of nitrogens with one attached hydrogen (secondary N) is 1. The van der Waals surface area contributed by atoms with Crippen LogP contribution in [0.4, 0.5) is 0 Å². The zero-order valence-electron chi connectivity index (χ0n) is 10.6. The van der Waals surface area contributed by atoms with Crippen LogP contribution in [0.25, 0.3) is 0 Å². The first-order valence-corrected chi connectivity index (χ1v) is 5.75. The topological polar surface area (TPSA) is 29.9 Å². The van der Waals surface area contributed by atoms with Gasteiger partial charge < -0.3 is 5.32 Å². The third-order valence-electron chi connectivity index (χ3n) is 3.36. The van der Waals surface area contributed by atoms with Gasteiger partial charge in [0.15, 0.2) is 0 Å². The summed E-state index contributed by atoms with van der Waals surface area (Å²) in [4.78, 5) is 0. The molecule has 0 atom stereocenters. The van der Waals surface area contributed by atoms with Crippen molar-refractivity contribution in [1.82, 2.24) is 15.1 Å². The maximum absolute atomic E-state index is 4.34. The minimum absolute atomic E-state index is 0.248. The fourth-order valence-corrected chi connectivity index (χ4v) is 1.63. The lowest BCUT2D eigenvalue weighted by molar-refractivity contribution is 0.325. The zero-order valence-corrected chi connectivity index (χ0v) is 10.6. The average Bonchev–Trinajstić information content (AvgIpc) is 2.54. The highest BCUT2D eigenvalue weighted by atomic mass is 15.3. The number of aromatic nitrogens is 2. The van der Waals surface area contributed by atoms with Gasteiger partial charge in [0.25, 0.3) is 0 Å². The van der Waals surface area contributed by atoms with E-state index in [1.807, 2.05) is 18.7 Å². The van der Waals surface area contributed by atoms with Crippen molar-refractivity contribution in [2.24, 2.45) is 7.05 Å². The number of hydrogen-bond acceptors (Lipinski definition) is 2. The predicted molar refractivity (Wildman–Crippen MR) is 63.8 cm³/mol. The van der Waals surface area contributed by atoms with Gasteiger partial charge in [0.2, 0.25) is 0 Å². The van der Waals surface area contributed by atoms with Crippen LogP contribution in [0.3, 0.4) is 0 Å². The highest BCUT2D eigenvalue weighted by Crippen LogP contribution is 2.14. The van der Waals surface area contributed by atoms with Gasteiger partial charge in [-0.3, -0.25) is 4.68 Å². The Balaban J connectivity index is 2.60. The van der Waals surface area contributed by atoms with Gasteiger partial charge in [0.05, 0.1) is 11.4 Å². The molecule has 1 rings (SSSR count). The van der Waals surface area contributed by atoms with Crippen molar-refractivity contribution in [3.05, 3.63) is 17.5 Å². The molecule has 0 amide bonds. The summed E-state index contributed by atoms with van der Waals surface area (Å²) in [6.45, 7) is 9.66. The Hall–Kier alpha value is -0.830. The Morgan fingerprint density at radius 1 is 1.40 bits per heavy atom. The largest absolute Gasteiger partial charge is 0.306 e. The fraction of sp³-hybridized carbons (Fsp3) is 0.750. The van der Waals surface area contributed by atoms with Crippen molar-refractivity contribution in [2.45, 2.75) is 52.6 Å². The van der Waals surface area contributed by atoms with Crippen LogP contribution >= 0.6 is 0 Å². The van der Waals surface area contributed by atoms with Crippen molar-refractivity contribution in [2.75, 3.05) is 0 Å². The van der Waals surface area contributed by atoms with Gasteiger partial charge in [-0.05, 0) is 32.8 Å². The molecular formula is C12H23N3. The molecule has 86 valence electrons. The number of rotatable bonds is 5. The summed E-state index contributed by atoms with van der Waals surface area (Å²) in [6, 6.07) is 2.14. The second kappa shape index (κ2) is 4.79. The van der Waals surface area contributed by atoms with Gasteiger partial charge in [0, 0.05) is 19.1 Å². The second-order valence-corrected chi connectivity index (χ2v) is 4.52.